The summed E-state index contributed by atoms with van der Waals surface area (Å²) in [5.74, 6) is 0.610. The minimum atomic E-state index is -0.00407. The lowest BCUT2D eigenvalue weighted by atomic mass is 10.1. The van der Waals surface area contributed by atoms with E-state index in [0.29, 0.717) is 5.92 Å². The fourth-order valence-corrected chi connectivity index (χ4v) is 2.75. The van der Waals surface area contributed by atoms with Crippen LogP contribution >= 0.6 is 0 Å². The van der Waals surface area contributed by atoms with Gasteiger partial charge in [0.1, 0.15) is 0 Å². The highest BCUT2D eigenvalue weighted by molar-refractivity contribution is 5.42. The molecule has 2 aromatic heterocycles. The van der Waals surface area contributed by atoms with E-state index in [2.05, 4.69) is 15.4 Å². The standard InChI is InChI=1S/C13H16N4O/c18-13-7-11(9-2-1-5-14-9)15-12-6-10(8-3-4-8)16-17(12)13/h6-9,14,16H,1-5H2. The first kappa shape index (κ1) is 10.3. The molecule has 0 bridgehead atoms. The molecule has 3 heterocycles. The van der Waals surface area contributed by atoms with Gasteiger partial charge in [-0.05, 0) is 32.2 Å². The second-order valence-corrected chi connectivity index (χ2v) is 5.35. The number of aromatic amines is 1. The molecular formula is C13H16N4O. The van der Waals surface area contributed by atoms with E-state index in [1.165, 1.54) is 12.8 Å². The molecule has 5 nitrogen and oxygen atoms in total. The lowest BCUT2D eigenvalue weighted by Crippen LogP contribution is -2.20. The number of rotatable bonds is 2. The molecule has 4 rings (SSSR count). The van der Waals surface area contributed by atoms with Gasteiger partial charge in [0.2, 0.25) is 0 Å². The van der Waals surface area contributed by atoms with Gasteiger partial charge in [0.15, 0.2) is 5.65 Å². The lowest BCUT2D eigenvalue weighted by molar-refractivity contribution is 0.624. The van der Waals surface area contributed by atoms with E-state index in [-0.39, 0.29) is 11.6 Å². The third kappa shape index (κ3) is 1.58. The number of nitrogens with one attached hydrogen (secondary N) is 2. The van der Waals surface area contributed by atoms with Crippen molar-refractivity contribution in [2.75, 3.05) is 6.54 Å². The third-order valence-corrected chi connectivity index (χ3v) is 3.92. The Labute approximate surface area is 104 Å². The maximum atomic E-state index is 12.1. The molecule has 2 fully saturated rings. The molecule has 94 valence electrons. The van der Waals surface area contributed by atoms with E-state index in [9.17, 15) is 4.79 Å². The first-order valence-electron chi connectivity index (χ1n) is 6.67. The van der Waals surface area contributed by atoms with Crippen LogP contribution in [0.15, 0.2) is 16.9 Å². The van der Waals surface area contributed by atoms with Crippen LogP contribution < -0.4 is 10.9 Å². The van der Waals surface area contributed by atoms with Gasteiger partial charge in [0.05, 0.1) is 5.69 Å². The Morgan fingerprint density at radius 3 is 2.89 bits per heavy atom. The lowest BCUT2D eigenvalue weighted by Gasteiger charge is -2.08. The fraction of sp³-hybridized carbons (Fsp3) is 0.538. The van der Waals surface area contributed by atoms with E-state index >= 15 is 0 Å². The van der Waals surface area contributed by atoms with Gasteiger partial charge in [0, 0.05) is 29.8 Å². The molecule has 5 heteroatoms. The summed E-state index contributed by atoms with van der Waals surface area (Å²) in [5.41, 5.74) is 2.79. The predicted octanol–water partition coefficient (Wildman–Crippen LogP) is 1.32. The highest BCUT2D eigenvalue weighted by atomic mass is 16.1. The molecule has 1 atom stereocenters. The van der Waals surface area contributed by atoms with Crippen molar-refractivity contribution < 1.29 is 0 Å². The van der Waals surface area contributed by atoms with Gasteiger partial charge < -0.3 is 5.32 Å². The number of fused-ring (bicyclic) bond motifs is 1. The van der Waals surface area contributed by atoms with Gasteiger partial charge in [-0.3, -0.25) is 9.89 Å². The second kappa shape index (κ2) is 3.68. The molecule has 1 aliphatic carbocycles. The first-order valence-corrected chi connectivity index (χ1v) is 6.67. The van der Waals surface area contributed by atoms with Gasteiger partial charge in [-0.2, -0.15) is 0 Å². The Hall–Kier alpha value is -1.62. The molecule has 0 spiro atoms. The zero-order chi connectivity index (χ0) is 12.1. The summed E-state index contributed by atoms with van der Waals surface area (Å²) >= 11 is 0. The quantitative estimate of drug-likeness (QED) is 0.837. The van der Waals surface area contributed by atoms with Crippen molar-refractivity contribution in [3.8, 4) is 0 Å². The Balaban J connectivity index is 1.83. The predicted molar refractivity (Wildman–Crippen MR) is 67.8 cm³/mol. The summed E-state index contributed by atoms with van der Waals surface area (Å²) in [5, 5.41) is 6.55. The van der Waals surface area contributed by atoms with Gasteiger partial charge in [0.25, 0.3) is 5.56 Å². The number of H-pyrrole nitrogens is 1. The van der Waals surface area contributed by atoms with Gasteiger partial charge >= 0.3 is 0 Å². The smallest absolute Gasteiger partial charge is 0.272 e. The Kier molecular flexibility index (Phi) is 2.11. The monoisotopic (exact) mass is 244 g/mol. The molecule has 1 aliphatic heterocycles. The van der Waals surface area contributed by atoms with Crippen LogP contribution in [-0.2, 0) is 0 Å². The summed E-state index contributed by atoms with van der Waals surface area (Å²) in [6.07, 6.45) is 4.67. The van der Waals surface area contributed by atoms with Gasteiger partial charge in [-0.15, -0.1) is 0 Å². The Bertz CT molecular complexity index is 647. The second-order valence-electron chi connectivity index (χ2n) is 5.35. The van der Waals surface area contributed by atoms with Crippen molar-refractivity contribution in [3.63, 3.8) is 0 Å². The molecule has 0 amide bonds. The maximum Gasteiger partial charge on any atom is 0.272 e. The summed E-state index contributed by atoms with van der Waals surface area (Å²) in [6.45, 7) is 1.02. The fourth-order valence-electron chi connectivity index (χ4n) is 2.75. The number of aromatic nitrogens is 3. The van der Waals surface area contributed by atoms with E-state index in [4.69, 9.17) is 0 Å². The highest BCUT2D eigenvalue weighted by Gasteiger charge is 2.26. The van der Waals surface area contributed by atoms with Crippen molar-refractivity contribution in [1.82, 2.24) is 19.9 Å². The normalized spacial score (nSPS) is 23.9. The van der Waals surface area contributed by atoms with Crippen LogP contribution in [0.1, 0.15) is 49.0 Å². The topological polar surface area (TPSA) is 62.2 Å². The van der Waals surface area contributed by atoms with E-state index in [0.717, 1.165) is 36.4 Å². The highest BCUT2D eigenvalue weighted by Crippen LogP contribution is 2.39. The molecule has 2 aliphatic rings. The van der Waals surface area contributed by atoms with Crippen LogP contribution in [0.4, 0.5) is 0 Å². The van der Waals surface area contributed by atoms with Crippen molar-refractivity contribution in [3.05, 3.63) is 33.9 Å². The van der Waals surface area contributed by atoms with Crippen molar-refractivity contribution in [1.29, 1.82) is 0 Å². The SMILES string of the molecule is O=c1cc(C2CCCN2)nc2cc(C3CC3)[nH]n12. The first-order chi connectivity index (χ1) is 8.81. The van der Waals surface area contributed by atoms with Crippen molar-refractivity contribution >= 4 is 5.65 Å². The molecule has 2 aromatic rings. The van der Waals surface area contributed by atoms with Crippen LogP contribution in [0.5, 0.6) is 0 Å². The average Bonchev–Trinajstić information content (AvgIpc) is 2.92. The maximum absolute atomic E-state index is 12.1. The summed E-state index contributed by atoms with van der Waals surface area (Å²) in [7, 11) is 0. The molecule has 18 heavy (non-hydrogen) atoms. The number of hydrogen-bond acceptors (Lipinski definition) is 3. The molecule has 2 N–H and O–H groups in total. The van der Waals surface area contributed by atoms with Crippen LogP contribution in [0.25, 0.3) is 5.65 Å². The average molecular weight is 244 g/mol. The molecule has 1 saturated carbocycles. The number of hydrogen-bond donors (Lipinski definition) is 2. The zero-order valence-corrected chi connectivity index (χ0v) is 10.1. The number of nitrogens with zero attached hydrogens (tertiary/aromatic N) is 2. The van der Waals surface area contributed by atoms with Crippen LogP contribution in [0.2, 0.25) is 0 Å². The van der Waals surface area contributed by atoms with Crippen molar-refractivity contribution in [2.24, 2.45) is 0 Å². The van der Waals surface area contributed by atoms with Crippen LogP contribution in [-0.4, -0.2) is 21.1 Å². The minimum Gasteiger partial charge on any atom is -0.309 e. The third-order valence-electron chi connectivity index (χ3n) is 3.92. The van der Waals surface area contributed by atoms with E-state index in [1.54, 1.807) is 10.6 Å². The van der Waals surface area contributed by atoms with Crippen LogP contribution in [0.3, 0.4) is 0 Å². The van der Waals surface area contributed by atoms with E-state index < -0.39 is 0 Å². The van der Waals surface area contributed by atoms with Crippen LogP contribution in [0, 0.1) is 0 Å². The zero-order valence-electron chi connectivity index (χ0n) is 10.1. The minimum absolute atomic E-state index is 0.00407. The molecule has 1 unspecified atom stereocenters. The summed E-state index contributed by atoms with van der Waals surface area (Å²) in [6, 6.07) is 3.93. The van der Waals surface area contributed by atoms with Crippen molar-refractivity contribution in [2.45, 2.75) is 37.6 Å². The molecule has 0 aromatic carbocycles. The summed E-state index contributed by atoms with van der Waals surface area (Å²) < 4.78 is 1.56. The van der Waals surface area contributed by atoms with Gasteiger partial charge in [-0.25, -0.2) is 9.50 Å². The Morgan fingerprint density at radius 1 is 1.28 bits per heavy atom. The van der Waals surface area contributed by atoms with E-state index in [1.807, 2.05) is 6.07 Å². The molecular weight excluding hydrogens is 228 g/mol. The molecule has 1 saturated heterocycles. The Morgan fingerprint density at radius 2 is 2.17 bits per heavy atom. The van der Waals surface area contributed by atoms with Gasteiger partial charge in [-0.1, -0.05) is 0 Å². The largest absolute Gasteiger partial charge is 0.309 e. The summed E-state index contributed by atoms with van der Waals surface area (Å²) in [4.78, 5) is 16.7. The molecule has 0 radical (unpaired) electrons.